The molecule has 1 fully saturated rings. The van der Waals surface area contributed by atoms with Crippen LogP contribution in [0, 0.1) is 12.5 Å². The predicted octanol–water partition coefficient (Wildman–Crippen LogP) is 2.44. The molecule has 1 aliphatic heterocycles. The van der Waals surface area contributed by atoms with Crippen molar-refractivity contribution in [1.82, 2.24) is 14.5 Å². The number of carbonyl (C=O) groups excluding carboxylic acids is 1. The van der Waals surface area contributed by atoms with Crippen LogP contribution in [0.3, 0.4) is 0 Å². The van der Waals surface area contributed by atoms with Crippen LogP contribution in [-0.4, -0.2) is 63.1 Å². The predicted molar refractivity (Wildman–Crippen MR) is 135 cm³/mol. The fourth-order valence-electron chi connectivity index (χ4n) is 3.92. The molecule has 0 saturated carbocycles. The number of ether oxygens (including phenoxy) is 1. The molecular weight excluding hydrogens is 524 g/mol. The van der Waals surface area contributed by atoms with Gasteiger partial charge in [-0.3, -0.25) is 9.32 Å². The van der Waals surface area contributed by atoms with Crippen molar-refractivity contribution < 1.29 is 37.9 Å². The molecule has 15 heteroatoms. The Balaban J connectivity index is 1.54. The van der Waals surface area contributed by atoms with Crippen LogP contribution in [0.5, 0.6) is 5.75 Å². The number of rotatable bonds is 10. The van der Waals surface area contributed by atoms with Gasteiger partial charge in [-0.15, -0.1) is 0 Å². The molecule has 0 bridgehead atoms. The lowest BCUT2D eigenvalue weighted by Crippen LogP contribution is -2.34. The molecule has 1 saturated heterocycles. The summed E-state index contributed by atoms with van der Waals surface area (Å²) in [6, 6.07) is 8.19. The number of aromatic nitrogens is 3. The Hall–Kier alpha value is -3.10. The molecule has 3 aromatic rings. The van der Waals surface area contributed by atoms with E-state index in [1.54, 1.807) is 30.3 Å². The maximum Gasteiger partial charge on any atom is 0.380 e. The van der Waals surface area contributed by atoms with Crippen LogP contribution in [-0.2, 0) is 23.1 Å². The summed E-state index contributed by atoms with van der Waals surface area (Å²) in [6.07, 6.45) is -3.05. The van der Waals surface area contributed by atoms with E-state index in [1.165, 1.54) is 24.0 Å². The van der Waals surface area contributed by atoms with Crippen LogP contribution in [0.1, 0.15) is 13.2 Å². The van der Waals surface area contributed by atoms with Crippen LogP contribution in [0.25, 0.3) is 15.9 Å². The maximum absolute atomic E-state index is 13.7. The van der Waals surface area contributed by atoms with Crippen LogP contribution in [0.4, 0.5) is 11.5 Å². The smallest absolute Gasteiger partial charge is 0.380 e. The van der Waals surface area contributed by atoms with E-state index in [0.29, 0.717) is 0 Å². The summed E-state index contributed by atoms with van der Waals surface area (Å²) in [7, 11) is -4.85. The highest BCUT2D eigenvalue weighted by molar-refractivity contribution is 7.54. The van der Waals surface area contributed by atoms with Crippen LogP contribution >= 0.6 is 17.0 Å². The Morgan fingerprint density at radius 1 is 1.38 bits per heavy atom. The van der Waals surface area contributed by atoms with Gasteiger partial charge in [0.15, 0.2) is 6.23 Å². The second kappa shape index (κ2) is 11.1. The highest BCUT2D eigenvalue weighted by Crippen LogP contribution is 2.51. The van der Waals surface area contributed by atoms with Crippen LogP contribution in [0.2, 0.25) is 0 Å². The SMILES string of the molecule is [2H]POC(=O)[C@@H](C)CP(=O)(OCC1O[C@@H](n2cc([N+]#[C-])c3c(N)ncnc32)[C@H](O)[C@@H]1O)Oc1ccccc1. The minimum atomic E-state index is -4.03. The monoisotopic (exact) mass is 550 g/mol. The van der Waals surface area contributed by atoms with Crippen molar-refractivity contribution in [2.45, 2.75) is 31.5 Å². The summed E-state index contributed by atoms with van der Waals surface area (Å²) < 4.78 is 44.0. The van der Waals surface area contributed by atoms with Gasteiger partial charge < -0.3 is 34.3 Å². The van der Waals surface area contributed by atoms with Crippen molar-refractivity contribution in [2.75, 3.05) is 18.5 Å². The number of benzene rings is 1. The third kappa shape index (κ3) is 5.60. The number of nitrogens with two attached hydrogens (primary N) is 1. The molecular formula is C22H25N5O8P2. The molecule has 2 aromatic heterocycles. The second-order valence-corrected chi connectivity index (χ2v) is 10.6. The van der Waals surface area contributed by atoms with E-state index in [0.717, 1.165) is 0 Å². The lowest BCUT2D eigenvalue weighted by Gasteiger charge is -2.23. The third-order valence-electron chi connectivity index (χ3n) is 5.77. The number of aliphatic hydroxyl groups is 2. The van der Waals surface area contributed by atoms with Gasteiger partial charge in [-0.2, -0.15) is 0 Å². The van der Waals surface area contributed by atoms with Gasteiger partial charge >= 0.3 is 13.6 Å². The average molecular weight is 550 g/mol. The quantitative estimate of drug-likeness (QED) is 0.250. The highest BCUT2D eigenvalue weighted by Gasteiger charge is 2.46. The van der Waals surface area contributed by atoms with E-state index >= 15 is 0 Å². The molecule has 1 aromatic carbocycles. The maximum atomic E-state index is 13.7. The van der Waals surface area contributed by atoms with E-state index in [2.05, 4.69) is 14.8 Å². The largest absolute Gasteiger partial charge is 0.451 e. The Morgan fingerprint density at radius 2 is 2.14 bits per heavy atom. The molecule has 4 rings (SSSR count). The van der Waals surface area contributed by atoms with E-state index < -0.39 is 60.0 Å². The van der Waals surface area contributed by atoms with Crippen molar-refractivity contribution in [3.8, 4) is 5.75 Å². The molecule has 0 spiro atoms. The topological polar surface area (TPSA) is 173 Å². The van der Waals surface area contributed by atoms with Gasteiger partial charge in [0.1, 0.15) is 41.9 Å². The summed E-state index contributed by atoms with van der Waals surface area (Å²) >= 11 is 0. The standard InChI is InChI=1S/C22H25N5O8P2/c1-12(22(30)34-36)10-37(31,35-13-6-4-3-5-7-13)32-9-15-17(28)18(29)21(33-15)27-8-14(24-2)16-19(23)25-11-26-20(16)27/h3-8,11-12,15,17-18,21,28-29H,9-10,36H2,1H3,(H2,23,25,26)/t12-,15?,17+,18+,21+,37?/m0/s1/i36D/t12-,15?,17+,18+,21+,36?,37?. The Bertz CT molecular complexity index is 1390. The Kier molecular flexibility index (Phi) is 7.67. The van der Waals surface area contributed by atoms with E-state index in [4.69, 9.17) is 31.9 Å². The summed E-state index contributed by atoms with van der Waals surface area (Å²) in [6.45, 7) is 8.42. The number of hydrogen-bond acceptors (Lipinski definition) is 11. The number of aliphatic hydroxyl groups excluding tert-OH is 2. The molecule has 7 atom stereocenters. The van der Waals surface area contributed by atoms with Gasteiger partial charge in [-0.1, -0.05) is 25.1 Å². The molecule has 196 valence electrons. The number of anilines is 1. The van der Waals surface area contributed by atoms with Gasteiger partial charge in [0.2, 0.25) is 5.69 Å². The van der Waals surface area contributed by atoms with Gasteiger partial charge in [0.25, 0.3) is 0 Å². The molecule has 4 N–H and O–H groups in total. The van der Waals surface area contributed by atoms with Crippen molar-refractivity contribution in [1.29, 1.82) is 1.28 Å². The molecule has 37 heavy (non-hydrogen) atoms. The number of carbonyl (C=O) groups is 1. The highest BCUT2D eigenvalue weighted by atomic mass is 31.2. The summed E-state index contributed by atoms with van der Waals surface area (Å²) in [5.74, 6) is -1.35. The van der Waals surface area contributed by atoms with Gasteiger partial charge in [0.05, 0.1) is 41.3 Å². The van der Waals surface area contributed by atoms with Crippen molar-refractivity contribution in [2.24, 2.45) is 5.92 Å². The number of hydrogen-bond donors (Lipinski definition) is 3. The van der Waals surface area contributed by atoms with Crippen LogP contribution in [0.15, 0.2) is 42.9 Å². The van der Waals surface area contributed by atoms with E-state index in [1.807, 2.05) is 0 Å². The second-order valence-electron chi connectivity index (χ2n) is 8.35. The van der Waals surface area contributed by atoms with Crippen molar-refractivity contribution in [3.05, 3.63) is 54.3 Å². The first-order chi connectivity index (χ1) is 18.2. The minimum Gasteiger partial charge on any atom is -0.451 e. The van der Waals surface area contributed by atoms with Gasteiger partial charge in [-0.05, 0) is 12.1 Å². The average Bonchev–Trinajstić information content (AvgIpc) is 3.41. The number of nitrogen functional groups attached to an aromatic ring is 1. The molecule has 1 aliphatic rings. The Labute approximate surface area is 215 Å². The lowest BCUT2D eigenvalue weighted by atomic mass is 10.1. The zero-order valence-corrected chi connectivity index (χ0v) is 21.4. The zero-order chi connectivity index (χ0) is 27.4. The summed E-state index contributed by atoms with van der Waals surface area (Å²) in [5.41, 5.74) is 6.27. The van der Waals surface area contributed by atoms with Crippen molar-refractivity contribution >= 4 is 45.5 Å². The summed E-state index contributed by atoms with van der Waals surface area (Å²) in [5, 5.41) is 21.7. The first kappa shape index (κ1) is 25.5. The zero-order valence-electron chi connectivity index (χ0n) is 20.5. The van der Waals surface area contributed by atoms with E-state index in [9.17, 15) is 19.6 Å². The fourth-order valence-corrected chi connectivity index (χ4v) is 5.99. The molecule has 3 unspecified atom stereocenters. The third-order valence-corrected chi connectivity index (χ3v) is 8.00. The normalized spacial score (nSPS) is 24.4. The molecule has 0 amide bonds. The van der Waals surface area contributed by atoms with E-state index in [-0.39, 0.29) is 34.5 Å². The molecule has 0 aliphatic carbocycles. The van der Waals surface area contributed by atoms with Crippen LogP contribution < -0.4 is 10.3 Å². The first-order valence-electron chi connectivity index (χ1n) is 11.5. The molecule has 3 heterocycles. The lowest BCUT2D eigenvalue weighted by molar-refractivity contribution is -0.136. The number of para-hydroxylation sites is 1. The van der Waals surface area contributed by atoms with Gasteiger partial charge in [0, 0.05) is 6.20 Å². The first-order valence-corrected chi connectivity index (χ1v) is 13.2. The molecule has 13 nitrogen and oxygen atoms in total. The van der Waals surface area contributed by atoms with Crippen molar-refractivity contribution in [3.63, 3.8) is 0 Å². The summed E-state index contributed by atoms with van der Waals surface area (Å²) in [4.78, 5) is 23.5. The fraction of sp³-hybridized carbons (Fsp3) is 0.364. The number of fused-ring (bicyclic) bond motifs is 1. The minimum absolute atomic E-state index is 0.0743. The van der Waals surface area contributed by atoms with Gasteiger partial charge in [-0.25, -0.2) is 19.4 Å². The Morgan fingerprint density at radius 3 is 2.84 bits per heavy atom. The molecule has 0 radical (unpaired) electrons. The number of nitrogens with zero attached hydrogens (tertiary/aromatic N) is 4.